The number of Topliss-reactive ketones (excluding diaryl/α,β-unsaturated/α-hetero) is 2. The highest BCUT2D eigenvalue weighted by molar-refractivity contribution is 6.24. The normalized spacial score (nSPS) is 29.8. The third-order valence-corrected chi connectivity index (χ3v) is 6.62. The highest BCUT2D eigenvalue weighted by Gasteiger charge is 2.63. The van der Waals surface area contributed by atoms with E-state index in [0.717, 1.165) is 0 Å². The fraction of sp³-hybridized carbons (Fsp3) is 0.381. The van der Waals surface area contributed by atoms with Gasteiger partial charge in [-0.25, -0.2) is 8.78 Å². The summed E-state index contributed by atoms with van der Waals surface area (Å²) in [5.74, 6) is -11.4. The molecular weight excluding hydrogens is 430 g/mol. The molecule has 1 aromatic rings. The van der Waals surface area contributed by atoms with E-state index in [4.69, 9.17) is 5.73 Å². The summed E-state index contributed by atoms with van der Waals surface area (Å²) in [5.41, 5.74) is 0.0441. The predicted molar refractivity (Wildman–Crippen MR) is 104 cm³/mol. The molecule has 32 heavy (non-hydrogen) atoms. The van der Waals surface area contributed by atoms with Crippen LogP contribution in [0.25, 0.3) is 0 Å². The van der Waals surface area contributed by atoms with Crippen LogP contribution in [0.5, 0.6) is 5.75 Å². The molecule has 4 unspecified atom stereocenters. The Hall–Kier alpha value is -3.31. The molecule has 4 atom stereocenters. The van der Waals surface area contributed by atoms with Crippen molar-refractivity contribution in [1.82, 2.24) is 4.90 Å². The molecule has 1 aromatic carbocycles. The van der Waals surface area contributed by atoms with E-state index in [1.165, 1.54) is 19.0 Å². The number of fused-ring (bicyclic) bond motifs is 3. The Balaban J connectivity index is 1.99. The van der Waals surface area contributed by atoms with Crippen molar-refractivity contribution in [3.63, 3.8) is 0 Å². The smallest absolute Gasteiger partial charge is 0.255 e. The number of nitrogens with two attached hydrogens (primary N) is 1. The second-order valence-electron chi connectivity index (χ2n) is 8.51. The first-order valence-electron chi connectivity index (χ1n) is 9.68. The van der Waals surface area contributed by atoms with Gasteiger partial charge in [-0.3, -0.25) is 19.3 Å². The first-order valence-corrected chi connectivity index (χ1v) is 9.68. The van der Waals surface area contributed by atoms with Gasteiger partial charge in [0.1, 0.15) is 22.9 Å². The first kappa shape index (κ1) is 21.9. The molecule has 0 saturated carbocycles. The van der Waals surface area contributed by atoms with Crippen molar-refractivity contribution in [1.29, 1.82) is 0 Å². The molecule has 0 saturated heterocycles. The van der Waals surface area contributed by atoms with Crippen LogP contribution in [0, 0.1) is 23.5 Å². The molecule has 3 aliphatic carbocycles. The fourth-order valence-electron chi connectivity index (χ4n) is 5.24. The molecule has 0 fully saturated rings. The maximum Gasteiger partial charge on any atom is 0.255 e. The van der Waals surface area contributed by atoms with Crippen LogP contribution in [0.4, 0.5) is 8.78 Å². The van der Waals surface area contributed by atoms with E-state index >= 15 is 0 Å². The predicted octanol–water partition coefficient (Wildman–Crippen LogP) is 0.399. The Morgan fingerprint density at radius 2 is 1.81 bits per heavy atom. The number of benzene rings is 1. The Labute approximate surface area is 180 Å². The van der Waals surface area contributed by atoms with Crippen LogP contribution in [-0.4, -0.2) is 68.5 Å². The van der Waals surface area contributed by atoms with Gasteiger partial charge in [-0.1, -0.05) is 0 Å². The van der Waals surface area contributed by atoms with E-state index in [-0.39, 0.29) is 18.4 Å². The fourth-order valence-corrected chi connectivity index (χ4v) is 5.24. The van der Waals surface area contributed by atoms with Crippen molar-refractivity contribution in [3.05, 3.63) is 51.5 Å². The van der Waals surface area contributed by atoms with Gasteiger partial charge in [-0.2, -0.15) is 0 Å². The summed E-state index contributed by atoms with van der Waals surface area (Å²) in [6, 6.07) is -0.706. The highest BCUT2D eigenvalue weighted by Crippen LogP contribution is 2.52. The van der Waals surface area contributed by atoms with Crippen LogP contribution in [0.3, 0.4) is 0 Å². The van der Waals surface area contributed by atoms with Gasteiger partial charge in [-0.15, -0.1) is 0 Å². The molecule has 4 rings (SSSR count). The molecule has 0 spiro atoms. The number of amides is 1. The third kappa shape index (κ3) is 2.58. The van der Waals surface area contributed by atoms with Crippen LogP contribution >= 0.6 is 0 Å². The second-order valence-corrected chi connectivity index (χ2v) is 8.51. The molecule has 3 aliphatic rings. The Kier molecular flexibility index (Phi) is 4.68. The summed E-state index contributed by atoms with van der Waals surface area (Å²) in [4.78, 5) is 39.4. The van der Waals surface area contributed by atoms with E-state index in [0.29, 0.717) is 6.07 Å². The molecule has 11 heteroatoms. The molecule has 0 aliphatic heterocycles. The zero-order valence-corrected chi connectivity index (χ0v) is 17.0. The van der Waals surface area contributed by atoms with E-state index in [1.807, 2.05) is 0 Å². The molecule has 9 nitrogen and oxygen atoms in total. The van der Waals surface area contributed by atoms with Crippen molar-refractivity contribution < 1.29 is 43.6 Å². The molecule has 170 valence electrons. The number of carbonyl (C=O) groups is 3. The number of aromatic hydroxyl groups is 1. The highest BCUT2D eigenvalue weighted by atomic mass is 19.1. The number of phenols is 1. The lowest BCUT2D eigenvalue weighted by Crippen LogP contribution is -2.63. The third-order valence-electron chi connectivity index (χ3n) is 6.62. The Bertz CT molecular complexity index is 1170. The van der Waals surface area contributed by atoms with Crippen molar-refractivity contribution >= 4 is 17.5 Å². The average molecular weight is 450 g/mol. The van der Waals surface area contributed by atoms with Crippen LogP contribution < -0.4 is 5.73 Å². The number of nitrogens with zero attached hydrogens (tertiary/aromatic N) is 1. The van der Waals surface area contributed by atoms with Gasteiger partial charge >= 0.3 is 0 Å². The van der Waals surface area contributed by atoms with E-state index in [9.17, 15) is 43.6 Å². The number of hydrogen-bond donors (Lipinski definition) is 5. The number of halogens is 2. The minimum Gasteiger partial charge on any atom is -0.510 e. The number of rotatable bonds is 2. The van der Waals surface area contributed by atoms with Crippen LogP contribution in [0.1, 0.15) is 22.3 Å². The first-order chi connectivity index (χ1) is 14.8. The molecule has 0 bridgehead atoms. The number of likely N-dealkylation sites (N-methyl/N-ethyl adjacent to an activating group) is 1. The van der Waals surface area contributed by atoms with Crippen molar-refractivity contribution in [2.24, 2.45) is 17.6 Å². The van der Waals surface area contributed by atoms with Crippen LogP contribution in [0.15, 0.2) is 28.7 Å². The largest absolute Gasteiger partial charge is 0.510 e. The molecular formula is C21H20F2N2O7. The average Bonchev–Trinajstić information content (AvgIpc) is 2.68. The van der Waals surface area contributed by atoms with Crippen molar-refractivity contribution in [2.75, 3.05) is 14.1 Å². The van der Waals surface area contributed by atoms with Gasteiger partial charge in [0.15, 0.2) is 23.0 Å². The number of allylic oxidation sites excluding steroid dienone is 1. The monoisotopic (exact) mass is 450 g/mol. The van der Waals surface area contributed by atoms with Gasteiger partial charge in [0, 0.05) is 23.1 Å². The summed E-state index contributed by atoms with van der Waals surface area (Å²) in [7, 11) is 2.99. The number of hydrogen-bond acceptors (Lipinski definition) is 8. The Morgan fingerprint density at radius 3 is 2.38 bits per heavy atom. The van der Waals surface area contributed by atoms with Crippen LogP contribution in [0.2, 0.25) is 0 Å². The summed E-state index contributed by atoms with van der Waals surface area (Å²) >= 11 is 0. The number of aliphatic hydroxyl groups excluding tert-OH is 2. The van der Waals surface area contributed by atoms with Gasteiger partial charge in [0.2, 0.25) is 5.78 Å². The van der Waals surface area contributed by atoms with Gasteiger partial charge in [0.25, 0.3) is 5.91 Å². The number of phenolic OH excluding ortho intramolecular Hbond substituents is 1. The quantitative estimate of drug-likeness (QED) is 0.405. The molecule has 0 aromatic heterocycles. The lowest BCUT2D eigenvalue weighted by Gasteiger charge is -2.50. The molecule has 0 radical (unpaired) electrons. The number of carbonyl (C=O) groups excluding carboxylic acids is 3. The molecule has 1 amide bonds. The maximum absolute atomic E-state index is 14.4. The second kappa shape index (κ2) is 6.84. The molecule has 0 heterocycles. The summed E-state index contributed by atoms with van der Waals surface area (Å²) in [6.45, 7) is 0. The maximum atomic E-state index is 14.4. The van der Waals surface area contributed by atoms with E-state index in [2.05, 4.69) is 0 Å². The van der Waals surface area contributed by atoms with Gasteiger partial charge in [0.05, 0.1) is 11.6 Å². The topological polar surface area (TPSA) is 161 Å². The zero-order chi connectivity index (χ0) is 23.9. The zero-order valence-electron chi connectivity index (χ0n) is 17.0. The summed E-state index contributed by atoms with van der Waals surface area (Å²) in [5, 5.41) is 43.0. The number of ketones is 2. The minimum absolute atomic E-state index is 0.177. The lowest BCUT2D eigenvalue weighted by atomic mass is 9.58. The summed E-state index contributed by atoms with van der Waals surface area (Å²) < 4.78 is 28.3. The SMILES string of the molecule is CN(C)C1C(O)=C(C(N)=O)C(=O)C2(O)C(O)=C3C(=O)c4c(O)c(F)cc(F)c4CC3CC12. The minimum atomic E-state index is -2.80. The number of aliphatic hydroxyl groups is 3. The standard InChI is InChI=1S/C21H20F2N2O7/c1-25(2)14-8-4-6-3-7-9(22)5-10(23)15(26)12(7)16(27)11(6)18(29)21(8,32)19(30)13(17(14)28)20(24)31/h5-6,8,14,26,28-29,32H,3-4H2,1-2H3,(H2,24,31). The lowest BCUT2D eigenvalue weighted by molar-refractivity contribution is -0.148. The van der Waals surface area contributed by atoms with Crippen molar-refractivity contribution in [2.45, 2.75) is 24.5 Å². The van der Waals surface area contributed by atoms with Crippen LogP contribution in [-0.2, 0) is 16.0 Å². The van der Waals surface area contributed by atoms with E-state index in [1.54, 1.807) is 0 Å². The van der Waals surface area contributed by atoms with E-state index < -0.39 is 86.6 Å². The van der Waals surface area contributed by atoms with Gasteiger partial charge in [-0.05, 0) is 32.9 Å². The Morgan fingerprint density at radius 1 is 1.19 bits per heavy atom. The molecule has 6 N–H and O–H groups in total. The number of primary amides is 1. The van der Waals surface area contributed by atoms with Crippen molar-refractivity contribution in [3.8, 4) is 5.75 Å². The van der Waals surface area contributed by atoms with Gasteiger partial charge < -0.3 is 26.2 Å². The summed E-state index contributed by atoms with van der Waals surface area (Å²) in [6.07, 6.45) is -0.419.